The molecule has 1 saturated heterocycles. The van der Waals surface area contributed by atoms with E-state index in [0.717, 1.165) is 36.4 Å². The SMILES string of the molecule is O=C(c1ccccc1C(F)(F)F)C1CNCC(C(=O)c2ccccc2C(F)(F)F)C1N(Cc1ccnc2ccccc12)C(=O)C(F)(F)F. The van der Waals surface area contributed by atoms with Crippen LogP contribution >= 0.6 is 0 Å². The molecule has 5 rings (SSSR count). The van der Waals surface area contributed by atoms with Crippen LogP contribution in [0.3, 0.4) is 0 Å². The highest BCUT2D eigenvalue weighted by Crippen LogP contribution is 2.39. The van der Waals surface area contributed by atoms with E-state index < -0.39 is 95.8 Å². The smallest absolute Gasteiger partial charge is 0.326 e. The van der Waals surface area contributed by atoms with E-state index in [4.69, 9.17) is 0 Å². The lowest BCUT2D eigenvalue weighted by Crippen LogP contribution is -2.62. The maximum Gasteiger partial charge on any atom is 0.471 e. The van der Waals surface area contributed by atoms with Crippen LogP contribution in [0.15, 0.2) is 85.1 Å². The maximum absolute atomic E-state index is 14.3. The second-order valence-electron chi connectivity index (χ2n) is 11.1. The molecule has 48 heavy (non-hydrogen) atoms. The minimum absolute atomic E-state index is 0.0699. The number of hydrogen-bond acceptors (Lipinski definition) is 5. The van der Waals surface area contributed by atoms with Crippen molar-refractivity contribution < 1.29 is 53.9 Å². The molecule has 1 aliphatic heterocycles. The van der Waals surface area contributed by atoms with Gasteiger partial charge in [-0.05, 0) is 29.8 Å². The Labute approximate surface area is 266 Å². The molecule has 2 heterocycles. The number of halogens is 9. The Bertz CT molecular complexity index is 1770. The molecule has 2 atom stereocenters. The quantitative estimate of drug-likeness (QED) is 0.166. The molecule has 1 aliphatic rings. The van der Waals surface area contributed by atoms with Crippen molar-refractivity contribution in [3.8, 4) is 0 Å². The standard InChI is InChI=1S/C33H24F9N3O3/c34-31(35,36)24-10-4-1-8-20(24)28(46)22-15-43-16-23(29(47)21-9-2-5-11-25(21)32(37,38)39)27(22)45(30(48)33(40,41)42)17-18-13-14-44-26-12-6-3-7-19(18)26/h1-14,22-23,27,43H,15-17H2. The first-order valence-corrected chi connectivity index (χ1v) is 14.3. The van der Waals surface area contributed by atoms with Crippen molar-refractivity contribution in [2.45, 2.75) is 31.1 Å². The molecule has 0 saturated carbocycles. The van der Waals surface area contributed by atoms with Crippen molar-refractivity contribution in [1.82, 2.24) is 15.2 Å². The average Bonchev–Trinajstić information content (AvgIpc) is 3.05. The van der Waals surface area contributed by atoms with Gasteiger partial charge in [-0.1, -0.05) is 54.6 Å². The fourth-order valence-corrected chi connectivity index (χ4v) is 6.09. The summed E-state index contributed by atoms with van der Waals surface area (Å²) in [5, 5.41) is 2.91. The zero-order valence-corrected chi connectivity index (χ0v) is 24.5. The Hall–Kier alpha value is -4.79. The number of carbonyl (C=O) groups is 3. The molecule has 1 N–H and O–H groups in total. The van der Waals surface area contributed by atoms with E-state index in [9.17, 15) is 53.9 Å². The Morgan fingerprint density at radius 3 is 1.67 bits per heavy atom. The van der Waals surface area contributed by atoms with Gasteiger partial charge >= 0.3 is 24.4 Å². The highest BCUT2D eigenvalue weighted by molar-refractivity contribution is 6.04. The highest BCUT2D eigenvalue weighted by Gasteiger charge is 2.53. The van der Waals surface area contributed by atoms with E-state index in [0.29, 0.717) is 17.6 Å². The van der Waals surface area contributed by atoms with Gasteiger partial charge in [-0.2, -0.15) is 39.5 Å². The average molecular weight is 682 g/mol. The number of fused-ring (bicyclic) bond motifs is 1. The number of ketones is 2. The zero-order valence-electron chi connectivity index (χ0n) is 24.5. The van der Waals surface area contributed by atoms with Gasteiger partial charge in [0.2, 0.25) is 0 Å². The largest absolute Gasteiger partial charge is 0.471 e. The van der Waals surface area contributed by atoms with Gasteiger partial charge in [-0.15, -0.1) is 0 Å². The summed E-state index contributed by atoms with van der Waals surface area (Å²) in [6.45, 7) is -2.11. The van der Waals surface area contributed by atoms with Crippen molar-refractivity contribution >= 4 is 28.4 Å². The number of carbonyl (C=O) groups excluding carboxylic acids is 3. The summed E-state index contributed by atoms with van der Waals surface area (Å²) >= 11 is 0. The fourth-order valence-electron chi connectivity index (χ4n) is 6.09. The molecular formula is C33H24F9N3O3. The van der Waals surface area contributed by atoms with E-state index in [2.05, 4.69) is 10.3 Å². The number of nitrogens with one attached hydrogen (secondary N) is 1. The van der Waals surface area contributed by atoms with Crippen molar-refractivity contribution in [1.29, 1.82) is 0 Å². The van der Waals surface area contributed by atoms with Crippen LogP contribution in [0, 0.1) is 11.8 Å². The lowest BCUT2D eigenvalue weighted by atomic mass is 9.75. The highest BCUT2D eigenvalue weighted by atomic mass is 19.4. The minimum Gasteiger partial charge on any atom is -0.326 e. The van der Waals surface area contributed by atoms with Gasteiger partial charge in [-0.25, -0.2) is 0 Å². The zero-order chi connectivity index (χ0) is 35.0. The van der Waals surface area contributed by atoms with E-state index in [1.807, 2.05) is 0 Å². The molecule has 0 radical (unpaired) electrons. The van der Waals surface area contributed by atoms with Crippen LogP contribution in [0.5, 0.6) is 0 Å². The number of nitrogens with zero attached hydrogens (tertiary/aromatic N) is 2. The van der Waals surface area contributed by atoms with E-state index in [-0.39, 0.29) is 15.8 Å². The Balaban J connectivity index is 1.73. The summed E-state index contributed by atoms with van der Waals surface area (Å²) in [6.07, 6.45) is -14.5. The van der Waals surface area contributed by atoms with Gasteiger partial charge in [0.1, 0.15) is 0 Å². The monoisotopic (exact) mass is 681 g/mol. The van der Waals surface area contributed by atoms with Gasteiger partial charge in [0, 0.05) is 42.3 Å². The fraction of sp³-hybridized carbons (Fsp3) is 0.273. The summed E-state index contributed by atoms with van der Waals surface area (Å²) in [7, 11) is 0. The summed E-state index contributed by atoms with van der Waals surface area (Å²) < 4.78 is 127. The predicted molar refractivity (Wildman–Crippen MR) is 154 cm³/mol. The molecule has 3 aromatic carbocycles. The third-order valence-electron chi connectivity index (χ3n) is 8.17. The van der Waals surface area contributed by atoms with Crippen LogP contribution in [0.25, 0.3) is 10.9 Å². The third-order valence-corrected chi connectivity index (χ3v) is 8.17. The second-order valence-corrected chi connectivity index (χ2v) is 11.1. The van der Waals surface area contributed by atoms with Crippen molar-refractivity contribution in [3.63, 3.8) is 0 Å². The van der Waals surface area contributed by atoms with Crippen molar-refractivity contribution in [3.05, 3.63) is 113 Å². The molecule has 15 heteroatoms. The Morgan fingerprint density at radius 2 is 1.17 bits per heavy atom. The Morgan fingerprint density at radius 1 is 0.688 bits per heavy atom. The maximum atomic E-state index is 14.3. The second kappa shape index (κ2) is 13.0. The number of Topliss-reactive ketones (excluding diaryl/α,β-unsaturated/α-hetero) is 2. The first-order chi connectivity index (χ1) is 22.5. The van der Waals surface area contributed by atoms with Crippen LogP contribution in [-0.2, 0) is 23.7 Å². The molecule has 252 valence electrons. The number of aromatic nitrogens is 1. The molecule has 4 aromatic rings. The lowest BCUT2D eigenvalue weighted by molar-refractivity contribution is -0.190. The van der Waals surface area contributed by atoms with Crippen molar-refractivity contribution in [2.24, 2.45) is 11.8 Å². The summed E-state index contributed by atoms with van der Waals surface area (Å²) in [4.78, 5) is 45.5. The van der Waals surface area contributed by atoms with Crippen LogP contribution in [0.1, 0.15) is 37.4 Å². The number of amides is 1. The van der Waals surface area contributed by atoms with Gasteiger partial charge in [0.05, 0.1) is 34.5 Å². The van der Waals surface area contributed by atoms with E-state index in [1.165, 1.54) is 30.5 Å². The number of hydrogen-bond donors (Lipinski definition) is 1. The number of pyridine rings is 1. The lowest BCUT2D eigenvalue weighted by Gasteiger charge is -2.44. The van der Waals surface area contributed by atoms with Gasteiger partial charge < -0.3 is 10.2 Å². The topological polar surface area (TPSA) is 79.4 Å². The third kappa shape index (κ3) is 6.91. The molecule has 0 spiro atoms. The molecule has 1 fully saturated rings. The van der Waals surface area contributed by atoms with Gasteiger partial charge in [0.15, 0.2) is 11.6 Å². The van der Waals surface area contributed by atoms with Gasteiger partial charge in [-0.3, -0.25) is 19.4 Å². The summed E-state index contributed by atoms with van der Waals surface area (Å²) in [5.41, 5.74) is -4.35. The molecule has 1 amide bonds. The number of piperidine rings is 1. The first kappa shape index (κ1) is 34.5. The van der Waals surface area contributed by atoms with Crippen LogP contribution in [-0.4, -0.2) is 52.7 Å². The summed E-state index contributed by atoms with van der Waals surface area (Å²) in [6, 6.07) is 12.2. The molecule has 0 bridgehead atoms. The van der Waals surface area contributed by atoms with E-state index >= 15 is 0 Å². The first-order valence-electron chi connectivity index (χ1n) is 14.3. The molecular weight excluding hydrogens is 657 g/mol. The van der Waals surface area contributed by atoms with E-state index in [1.54, 1.807) is 6.07 Å². The normalized spacial score (nSPS) is 18.8. The van der Waals surface area contributed by atoms with Gasteiger partial charge in [0.25, 0.3) is 0 Å². The predicted octanol–water partition coefficient (Wildman–Crippen LogP) is 7.13. The number of benzene rings is 3. The molecule has 6 nitrogen and oxygen atoms in total. The Kier molecular flexibility index (Phi) is 9.37. The number of para-hydroxylation sites is 1. The van der Waals surface area contributed by atoms with Crippen LogP contribution < -0.4 is 5.32 Å². The molecule has 1 aromatic heterocycles. The van der Waals surface area contributed by atoms with Crippen molar-refractivity contribution in [2.75, 3.05) is 13.1 Å². The molecule has 2 unspecified atom stereocenters. The number of rotatable bonds is 7. The van der Waals surface area contributed by atoms with Crippen LogP contribution in [0.2, 0.25) is 0 Å². The summed E-state index contributed by atoms with van der Waals surface area (Å²) in [5.74, 6) is -9.13. The van der Waals surface area contributed by atoms with Crippen LogP contribution in [0.4, 0.5) is 39.5 Å². The minimum atomic E-state index is -5.62. The number of alkyl halides is 9. The molecule has 0 aliphatic carbocycles.